The first-order chi connectivity index (χ1) is 12.8. The number of hydrogen-bond donors (Lipinski definition) is 0. The predicted octanol–water partition coefficient (Wildman–Crippen LogP) is 5.27. The van der Waals surface area contributed by atoms with E-state index in [2.05, 4.69) is 63.9 Å². The first kappa shape index (κ1) is 19.6. The zero-order chi connectivity index (χ0) is 19.7. The Morgan fingerprint density at radius 3 is 2.19 bits per heavy atom. The zero-order valence-corrected chi connectivity index (χ0v) is 17.1. The van der Waals surface area contributed by atoms with Gasteiger partial charge in [0.15, 0.2) is 0 Å². The van der Waals surface area contributed by atoms with E-state index in [0.717, 1.165) is 12.8 Å². The van der Waals surface area contributed by atoms with Crippen LogP contribution in [0.3, 0.4) is 0 Å². The van der Waals surface area contributed by atoms with Crippen LogP contribution in [0, 0.1) is 5.92 Å². The lowest BCUT2D eigenvalue weighted by Gasteiger charge is -2.59. The first-order valence-corrected chi connectivity index (χ1v) is 9.88. The van der Waals surface area contributed by atoms with Gasteiger partial charge in [0.05, 0.1) is 5.56 Å². The zero-order valence-electron chi connectivity index (χ0n) is 17.1. The number of nitrogens with zero attached hydrogens (tertiary/aromatic N) is 1. The maximum atomic E-state index is 12.8. The molecule has 0 bridgehead atoms. The van der Waals surface area contributed by atoms with Crippen molar-refractivity contribution in [3.05, 3.63) is 71.8 Å². The number of benzene rings is 2. The van der Waals surface area contributed by atoms with Gasteiger partial charge in [0, 0.05) is 23.4 Å². The summed E-state index contributed by atoms with van der Waals surface area (Å²) in [6, 6.07) is 19.9. The van der Waals surface area contributed by atoms with Gasteiger partial charge in [0.25, 0.3) is 0 Å². The fourth-order valence-corrected chi connectivity index (χ4v) is 4.51. The SMILES string of the molecule is CCC1(C)CC(OC(=O)c2ccccc2)C(C)C(C)(c2ccccc2)N1C. The molecule has 144 valence electrons. The number of esters is 1. The maximum absolute atomic E-state index is 12.8. The smallest absolute Gasteiger partial charge is 0.338 e. The van der Waals surface area contributed by atoms with E-state index >= 15 is 0 Å². The number of carbonyl (C=O) groups excluding carboxylic acids is 1. The second kappa shape index (κ2) is 7.47. The molecular formula is C24H31NO2. The highest BCUT2D eigenvalue weighted by molar-refractivity contribution is 5.89. The van der Waals surface area contributed by atoms with Gasteiger partial charge >= 0.3 is 5.97 Å². The summed E-state index contributed by atoms with van der Waals surface area (Å²) >= 11 is 0. The number of carbonyl (C=O) groups is 1. The van der Waals surface area contributed by atoms with Crippen LogP contribution in [0.25, 0.3) is 0 Å². The van der Waals surface area contributed by atoms with Crippen molar-refractivity contribution in [1.29, 1.82) is 0 Å². The van der Waals surface area contributed by atoms with Crippen molar-refractivity contribution < 1.29 is 9.53 Å². The van der Waals surface area contributed by atoms with Crippen LogP contribution in [0.2, 0.25) is 0 Å². The van der Waals surface area contributed by atoms with Gasteiger partial charge in [0.2, 0.25) is 0 Å². The van der Waals surface area contributed by atoms with Crippen molar-refractivity contribution in [2.45, 2.75) is 57.7 Å². The van der Waals surface area contributed by atoms with Gasteiger partial charge in [-0.2, -0.15) is 0 Å². The molecule has 3 heteroatoms. The summed E-state index contributed by atoms with van der Waals surface area (Å²) in [5, 5.41) is 0. The normalized spacial score (nSPS) is 31.4. The summed E-state index contributed by atoms with van der Waals surface area (Å²) in [7, 11) is 2.21. The van der Waals surface area contributed by atoms with Crippen LogP contribution in [0.15, 0.2) is 60.7 Å². The Bertz CT molecular complexity index is 775. The third-order valence-electron chi connectivity index (χ3n) is 6.98. The first-order valence-electron chi connectivity index (χ1n) is 9.88. The van der Waals surface area contributed by atoms with E-state index in [1.54, 1.807) is 0 Å². The Hall–Kier alpha value is -2.13. The monoisotopic (exact) mass is 365 g/mol. The lowest BCUT2D eigenvalue weighted by molar-refractivity contribution is -0.129. The molecule has 0 aliphatic carbocycles. The molecule has 3 nitrogen and oxygen atoms in total. The molecule has 0 N–H and O–H groups in total. The number of rotatable bonds is 4. The van der Waals surface area contributed by atoms with E-state index < -0.39 is 0 Å². The number of hydrogen-bond acceptors (Lipinski definition) is 3. The summed E-state index contributed by atoms with van der Waals surface area (Å²) in [5.74, 6) is -0.0666. The Balaban J connectivity index is 1.96. The van der Waals surface area contributed by atoms with Crippen molar-refractivity contribution >= 4 is 5.97 Å². The molecule has 0 radical (unpaired) electrons. The average molecular weight is 366 g/mol. The largest absolute Gasteiger partial charge is 0.458 e. The van der Waals surface area contributed by atoms with Gasteiger partial charge in [-0.1, -0.05) is 62.4 Å². The van der Waals surface area contributed by atoms with Gasteiger partial charge in [-0.05, 0) is 45.0 Å². The molecule has 1 aliphatic rings. The van der Waals surface area contributed by atoms with E-state index in [1.165, 1.54) is 5.56 Å². The minimum Gasteiger partial charge on any atom is -0.458 e. The van der Waals surface area contributed by atoms with Gasteiger partial charge in [-0.15, -0.1) is 0 Å². The number of ether oxygens (including phenoxy) is 1. The number of piperidine rings is 1. The van der Waals surface area contributed by atoms with E-state index in [0.29, 0.717) is 5.56 Å². The average Bonchev–Trinajstić information content (AvgIpc) is 2.71. The molecule has 0 saturated carbocycles. The fourth-order valence-electron chi connectivity index (χ4n) is 4.51. The summed E-state index contributed by atoms with van der Waals surface area (Å²) in [4.78, 5) is 15.2. The summed E-state index contributed by atoms with van der Waals surface area (Å²) in [6.45, 7) is 8.99. The van der Waals surface area contributed by atoms with Gasteiger partial charge < -0.3 is 4.74 Å². The van der Waals surface area contributed by atoms with E-state index in [-0.39, 0.29) is 29.1 Å². The van der Waals surface area contributed by atoms with Crippen LogP contribution in [-0.4, -0.2) is 29.6 Å². The van der Waals surface area contributed by atoms with Crippen molar-refractivity contribution in [3.8, 4) is 0 Å². The van der Waals surface area contributed by atoms with Crippen LogP contribution in [0.5, 0.6) is 0 Å². The molecule has 0 aromatic heterocycles. The molecule has 1 heterocycles. The van der Waals surface area contributed by atoms with E-state index in [9.17, 15) is 4.79 Å². The molecule has 1 fully saturated rings. The van der Waals surface area contributed by atoms with Crippen LogP contribution in [0.4, 0.5) is 0 Å². The summed E-state index contributed by atoms with van der Waals surface area (Å²) in [5.41, 5.74) is 1.62. The minimum atomic E-state index is -0.231. The molecule has 2 aromatic rings. The second-order valence-electron chi connectivity index (χ2n) is 8.23. The molecular weight excluding hydrogens is 334 g/mol. The second-order valence-corrected chi connectivity index (χ2v) is 8.23. The summed E-state index contributed by atoms with van der Waals surface area (Å²) < 4.78 is 6.09. The Morgan fingerprint density at radius 2 is 1.63 bits per heavy atom. The van der Waals surface area contributed by atoms with Crippen LogP contribution >= 0.6 is 0 Å². The van der Waals surface area contributed by atoms with Gasteiger partial charge in [0.1, 0.15) is 6.10 Å². The highest BCUT2D eigenvalue weighted by Gasteiger charge is 2.53. The molecule has 4 unspecified atom stereocenters. The quantitative estimate of drug-likeness (QED) is 0.692. The molecule has 0 amide bonds. The molecule has 1 saturated heterocycles. The summed E-state index contributed by atoms with van der Waals surface area (Å²) in [6.07, 6.45) is 1.70. The van der Waals surface area contributed by atoms with Gasteiger partial charge in [-0.3, -0.25) is 4.90 Å². The molecule has 3 rings (SSSR count). The molecule has 4 atom stereocenters. The Morgan fingerprint density at radius 1 is 1.07 bits per heavy atom. The third kappa shape index (κ3) is 3.41. The van der Waals surface area contributed by atoms with Crippen molar-refractivity contribution in [2.75, 3.05) is 7.05 Å². The van der Waals surface area contributed by atoms with Crippen molar-refractivity contribution in [2.24, 2.45) is 5.92 Å². The standard InChI is InChI=1S/C24H31NO2/c1-6-23(3)17-21(27-22(26)19-13-9-7-10-14-19)18(2)24(4,25(23)5)20-15-11-8-12-16-20/h7-16,18,21H,6,17H2,1-5H3. The highest BCUT2D eigenvalue weighted by atomic mass is 16.5. The van der Waals surface area contributed by atoms with Crippen molar-refractivity contribution in [3.63, 3.8) is 0 Å². The topological polar surface area (TPSA) is 29.5 Å². The fraction of sp³-hybridized carbons (Fsp3) is 0.458. The maximum Gasteiger partial charge on any atom is 0.338 e. The number of likely N-dealkylation sites (tertiary alicyclic amines) is 1. The van der Waals surface area contributed by atoms with Gasteiger partial charge in [-0.25, -0.2) is 4.79 Å². The minimum absolute atomic E-state index is 0.0429. The van der Waals surface area contributed by atoms with Crippen LogP contribution in [0.1, 0.15) is 56.5 Å². The lowest BCUT2D eigenvalue weighted by atomic mass is 9.66. The molecule has 0 spiro atoms. The van der Waals surface area contributed by atoms with Crippen LogP contribution in [-0.2, 0) is 10.3 Å². The van der Waals surface area contributed by atoms with Crippen LogP contribution < -0.4 is 0 Å². The Kier molecular flexibility index (Phi) is 5.43. The molecule has 2 aromatic carbocycles. The molecule has 27 heavy (non-hydrogen) atoms. The van der Waals surface area contributed by atoms with E-state index in [4.69, 9.17) is 4.74 Å². The predicted molar refractivity (Wildman–Crippen MR) is 110 cm³/mol. The third-order valence-corrected chi connectivity index (χ3v) is 6.98. The van der Waals surface area contributed by atoms with E-state index in [1.807, 2.05) is 36.4 Å². The lowest BCUT2D eigenvalue weighted by Crippen LogP contribution is -2.65. The molecule has 1 aliphatic heterocycles. The Labute approximate surface area is 163 Å². The highest BCUT2D eigenvalue weighted by Crippen LogP contribution is 2.49. The van der Waals surface area contributed by atoms with Crippen molar-refractivity contribution in [1.82, 2.24) is 4.90 Å².